The number of piperidine rings is 1. The number of fused-ring (bicyclic) bond motifs is 3. The van der Waals surface area contributed by atoms with E-state index in [1.807, 2.05) is 24.4 Å². The maximum Gasteiger partial charge on any atom is 0.275 e. The number of hydrogen-bond acceptors (Lipinski definition) is 5. The Labute approximate surface area is 164 Å². The minimum absolute atomic E-state index is 0.0742. The molecule has 27 heavy (non-hydrogen) atoms. The van der Waals surface area contributed by atoms with E-state index in [9.17, 15) is 4.79 Å². The van der Waals surface area contributed by atoms with Crippen LogP contribution in [-0.2, 0) is 0 Å². The predicted octanol–water partition coefficient (Wildman–Crippen LogP) is 4.64. The molecule has 0 saturated carbocycles. The average Bonchev–Trinajstić information content (AvgIpc) is 3.10. The summed E-state index contributed by atoms with van der Waals surface area (Å²) in [6, 6.07) is 9.24. The second kappa shape index (κ2) is 6.62. The van der Waals surface area contributed by atoms with Gasteiger partial charge in [-0.1, -0.05) is 11.6 Å². The van der Waals surface area contributed by atoms with Gasteiger partial charge in [-0.15, -0.1) is 11.3 Å². The van der Waals surface area contributed by atoms with E-state index in [0.29, 0.717) is 9.72 Å². The number of pyridine rings is 1. The van der Waals surface area contributed by atoms with Crippen LogP contribution in [0, 0.1) is 0 Å². The van der Waals surface area contributed by atoms with Crippen molar-refractivity contribution >= 4 is 49.1 Å². The topological polar surface area (TPSA) is 51.0 Å². The first kappa shape index (κ1) is 16.7. The summed E-state index contributed by atoms with van der Waals surface area (Å²) in [5.74, 6) is 0. The quantitative estimate of drug-likeness (QED) is 0.495. The highest BCUT2D eigenvalue weighted by Crippen LogP contribution is 2.36. The van der Waals surface area contributed by atoms with Crippen molar-refractivity contribution in [2.45, 2.75) is 19.3 Å². The zero-order chi connectivity index (χ0) is 18.4. The fraction of sp³-hybridized carbons (Fsp3) is 0.250. The molecule has 0 N–H and O–H groups in total. The molecule has 5 nitrogen and oxygen atoms in total. The zero-order valence-electron chi connectivity index (χ0n) is 14.6. The normalized spacial score (nSPS) is 14.9. The molecule has 1 fully saturated rings. The smallest absolute Gasteiger partial charge is 0.275 e. The van der Waals surface area contributed by atoms with Crippen LogP contribution >= 0.6 is 22.9 Å². The summed E-state index contributed by atoms with van der Waals surface area (Å²) in [6.45, 7) is 2.08. The summed E-state index contributed by atoms with van der Waals surface area (Å²) in [7, 11) is 0. The standard InChI is InChI=1S/C20H17ClN4OS/c21-13-4-6-14(7-5-13)25-12-23-17-16-15(24-10-2-1-3-11-24)8-9-22-19(16)27-18(17)20(25)26/h4-9,12H,1-3,10-11H2. The molecule has 4 aromatic rings. The largest absolute Gasteiger partial charge is 0.371 e. The Morgan fingerprint density at radius 1 is 1.00 bits per heavy atom. The van der Waals surface area contributed by atoms with E-state index in [2.05, 4.69) is 14.9 Å². The van der Waals surface area contributed by atoms with Crippen LogP contribution in [0.5, 0.6) is 0 Å². The number of benzene rings is 1. The van der Waals surface area contributed by atoms with Gasteiger partial charge in [-0.05, 0) is 49.6 Å². The van der Waals surface area contributed by atoms with Gasteiger partial charge in [-0.25, -0.2) is 9.97 Å². The van der Waals surface area contributed by atoms with Gasteiger partial charge >= 0.3 is 0 Å². The van der Waals surface area contributed by atoms with Crippen molar-refractivity contribution < 1.29 is 0 Å². The fourth-order valence-corrected chi connectivity index (χ4v) is 4.89. The summed E-state index contributed by atoms with van der Waals surface area (Å²) in [4.78, 5) is 25.6. The van der Waals surface area contributed by atoms with E-state index < -0.39 is 0 Å². The average molecular weight is 397 g/mol. The second-order valence-corrected chi connectivity index (χ2v) is 8.17. The van der Waals surface area contributed by atoms with E-state index >= 15 is 0 Å². The van der Waals surface area contributed by atoms with Crippen molar-refractivity contribution in [3.63, 3.8) is 0 Å². The van der Waals surface area contributed by atoms with Gasteiger partial charge in [0.15, 0.2) is 0 Å². The third-order valence-electron chi connectivity index (χ3n) is 5.06. The summed E-state index contributed by atoms with van der Waals surface area (Å²) >= 11 is 7.38. The van der Waals surface area contributed by atoms with Crippen molar-refractivity contribution in [2.75, 3.05) is 18.0 Å². The third-order valence-corrected chi connectivity index (χ3v) is 6.39. The predicted molar refractivity (Wildman–Crippen MR) is 112 cm³/mol. The molecule has 1 saturated heterocycles. The monoisotopic (exact) mass is 396 g/mol. The minimum Gasteiger partial charge on any atom is -0.371 e. The number of aromatic nitrogens is 3. The molecule has 5 rings (SSSR count). The summed E-state index contributed by atoms with van der Waals surface area (Å²) in [5, 5.41) is 1.64. The van der Waals surface area contributed by atoms with Crippen LogP contribution in [0.1, 0.15) is 19.3 Å². The first-order valence-electron chi connectivity index (χ1n) is 9.02. The fourth-order valence-electron chi connectivity index (χ4n) is 3.72. The van der Waals surface area contributed by atoms with E-state index in [1.54, 1.807) is 23.0 Å². The molecule has 3 aromatic heterocycles. The van der Waals surface area contributed by atoms with Gasteiger partial charge in [0.25, 0.3) is 5.56 Å². The van der Waals surface area contributed by atoms with Crippen molar-refractivity contribution in [1.29, 1.82) is 0 Å². The lowest BCUT2D eigenvalue weighted by atomic mass is 10.1. The molecule has 0 atom stereocenters. The molecular weight excluding hydrogens is 380 g/mol. The molecule has 1 aromatic carbocycles. The van der Waals surface area contributed by atoms with Crippen LogP contribution in [0.3, 0.4) is 0 Å². The maximum absolute atomic E-state index is 13.1. The van der Waals surface area contributed by atoms with Gasteiger partial charge in [0.1, 0.15) is 21.4 Å². The Balaban J connectivity index is 1.73. The summed E-state index contributed by atoms with van der Waals surface area (Å²) < 4.78 is 2.20. The molecule has 4 heterocycles. The first-order chi connectivity index (χ1) is 13.2. The zero-order valence-corrected chi connectivity index (χ0v) is 16.1. The maximum atomic E-state index is 13.1. The second-order valence-electron chi connectivity index (χ2n) is 6.73. The van der Waals surface area contributed by atoms with Crippen LogP contribution < -0.4 is 10.5 Å². The Hall–Kier alpha value is -2.44. The van der Waals surface area contributed by atoms with Gasteiger partial charge in [-0.2, -0.15) is 0 Å². The number of nitrogens with zero attached hydrogens (tertiary/aromatic N) is 4. The summed E-state index contributed by atoms with van der Waals surface area (Å²) in [5.41, 5.74) is 2.57. The van der Waals surface area contributed by atoms with E-state index in [-0.39, 0.29) is 5.56 Å². The number of hydrogen-bond donors (Lipinski definition) is 0. The number of thiophene rings is 1. The van der Waals surface area contributed by atoms with Crippen LogP contribution in [0.4, 0.5) is 5.69 Å². The molecule has 0 aliphatic carbocycles. The highest BCUT2D eigenvalue weighted by Gasteiger charge is 2.20. The van der Waals surface area contributed by atoms with Gasteiger partial charge in [0.2, 0.25) is 0 Å². The van der Waals surface area contributed by atoms with Crippen LogP contribution in [0.15, 0.2) is 47.7 Å². The van der Waals surface area contributed by atoms with Crippen molar-refractivity contribution in [3.8, 4) is 5.69 Å². The molecule has 0 amide bonds. The lowest BCUT2D eigenvalue weighted by Gasteiger charge is -2.29. The van der Waals surface area contributed by atoms with Crippen molar-refractivity contribution in [2.24, 2.45) is 0 Å². The van der Waals surface area contributed by atoms with Gasteiger partial charge < -0.3 is 4.90 Å². The SMILES string of the molecule is O=c1c2sc3nccc(N4CCCCC4)c3c2ncn1-c1ccc(Cl)cc1. The Morgan fingerprint density at radius 3 is 2.56 bits per heavy atom. The molecule has 1 aliphatic heterocycles. The third kappa shape index (κ3) is 2.80. The Morgan fingerprint density at radius 2 is 1.78 bits per heavy atom. The van der Waals surface area contributed by atoms with Crippen LogP contribution in [-0.4, -0.2) is 27.6 Å². The molecule has 0 radical (unpaired) electrons. The van der Waals surface area contributed by atoms with E-state index in [1.165, 1.54) is 30.6 Å². The Bertz CT molecular complexity index is 1190. The molecule has 0 unspecified atom stereocenters. The molecule has 136 valence electrons. The minimum atomic E-state index is -0.0742. The number of rotatable bonds is 2. The summed E-state index contributed by atoms with van der Waals surface area (Å²) in [6.07, 6.45) is 7.11. The molecule has 7 heteroatoms. The van der Waals surface area contributed by atoms with Gasteiger partial charge in [0.05, 0.1) is 16.8 Å². The Kier molecular flexibility index (Phi) is 4.10. The van der Waals surface area contributed by atoms with Crippen LogP contribution in [0.25, 0.3) is 26.1 Å². The van der Waals surface area contributed by atoms with E-state index in [4.69, 9.17) is 11.6 Å². The number of anilines is 1. The molecule has 0 bridgehead atoms. The lowest BCUT2D eigenvalue weighted by Crippen LogP contribution is -2.29. The van der Waals surface area contributed by atoms with Crippen molar-refractivity contribution in [3.05, 3.63) is 58.2 Å². The van der Waals surface area contributed by atoms with Crippen LogP contribution in [0.2, 0.25) is 5.02 Å². The number of halogens is 1. The van der Waals surface area contributed by atoms with E-state index in [0.717, 1.165) is 40.2 Å². The highest BCUT2D eigenvalue weighted by molar-refractivity contribution is 7.25. The molecule has 1 aliphatic rings. The first-order valence-corrected chi connectivity index (χ1v) is 10.2. The van der Waals surface area contributed by atoms with Gasteiger partial charge in [0, 0.05) is 24.3 Å². The highest BCUT2D eigenvalue weighted by atomic mass is 35.5. The molecule has 0 spiro atoms. The van der Waals surface area contributed by atoms with Gasteiger partial charge in [-0.3, -0.25) is 9.36 Å². The lowest BCUT2D eigenvalue weighted by molar-refractivity contribution is 0.579. The van der Waals surface area contributed by atoms with Crippen molar-refractivity contribution in [1.82, 2.24) is 14.5 Å². The molecular formula is C20H17ClN4OS.